The van der Waals surface area contributed by atoms with Crippen LogP contribution in [0.5, 0.6) is 0 Å². The maximum atomic E-state index is 6.59. The van der Waals surface area contributed by atoms with Crippen molar-refractivity contribution in [2.45, 2.75) is 77.2 Å². The molecule has 0 amide bonds. The second-order valence-corrected chi connectivity index (χ2v) is 9.51. The Morgan fingerprint density at radius 3 is 1.52 bits per heavy atom. The monoisotopic (exact) mass is 327 g/mol. The minimum atomic E-state index is -0.342. The molecular formula is C18H41N5. The van der Waals surface area contributed by atoms with E-state index in [2.05, 4.69) is 77.3 Å². The first-order valence-corrected chi connectivity index (χ1v) is 8.86. The van der Waals surface area contributed by atoms with E-state index in [1.807, 2.05) is 0 Å². The molecule has 0 aromatic heterocycles. The lowest BCUT2D eigenvalue weighted by Crippen LogP contribution is -2.69. The number of hydrogen-bond donors (Lipinski definition) is 2. The summed E-state index contributed by atoms with van der Waals surface area (Å²) in [5, 5.41) is 0. The van der Waals surface area contributed by atoms with Crippen molar-refractivity contribution in [2.24, 2.45) is 11.5 Å². The predicted molar refractivity (Wildman–Crippen MR) is 100 cm³/mol. The highest BCUT2D eigenvalue weighted by molar-refractivity contribution is 5.03. The molecule has 23 heavy (non-hydrogen) atoms. The number of hydrogen-bond acceptors (Lipinski definition) is 5. The average Bonchev–Trinajstić information content (AvgIpc) is 2.35. The first-order valence-electron chi connectivity index (χ1n) is 8.86. The number of likely N-dealkylation sites (N-methyl/N-ethyl adjacent to an activating group) is 1. The van der Waals surface area contributed by atoms with E-state index in [0.29, 0.717) is 0 Å². The van der Waals surface area contributed by atoms with Crippen molar-refractivity contribution in [3.63, 3.8) is 0 Å². The third-order valence-corrected chi connectivity index (χ3v) is 6.22. The topological polar surface area (TPSA) is 61.8 Å². The van der Waals surface area contributed by atoms with Gasteiger partial charge in [0.1, 0.15) is 0 Å². The molecule has 0 spiro atoms. The largest absolute Gasteiger partial charge is 0.325 e. The van der Waals surface area contributed by atoms with Crippen LogP contribution in [0, 0.1) is 0 Å². The van der Waals surface area contributed by atoms with E-state index in [1.165, 1.54) is 0 Å². The van der Waals surface area contributed by atoms with Gasteiger partial charge in [-0.2, -0.15) is 0 Å². The summed E-state index contributed by atoms with van der Waals surface area (Å²) in [5.74, 6) is 0. The normalized spacial score (nSPS) is 22.4. The minimum Gasteiger partial charge on any atom is -0.325 e. The fourth-order valence-electron chi connectivity index (χ4n) is 3.74. The molecule has 5 heteroatoms. The fraction of sp³-hybridized carbons (Fsp3) is 1.00. The predicted octanol–water partition coefficient (Wildman–Crippen LogP) is 1.53. The second kappa shape index (κ2) is 6.60. The highest BCUT2D eigenvalue weighted by Gasteiger charge is 2.45. The molecule has 1 fully saturated rings. The molecule has 0 aliphatic carbocycles. The van der Waals surface area contributed by atoms with Crippen molar-refractivity contribution in [1.29, 1.82) is 0 Å². The van der Waals surface area contributed by atoms with Crippen molar-refractivity contribution in [3.05, 3.63) is 0 Å². The van der Waals surface area contributed by atoms with E-state index >= 15 is 0 Å². The highest BCUT2D eigenvalue weighted by Crippen LogP contribution is 2.33. The summed E-state index contributed by atoms with van der Waals surface area (Å²) in [6.07, 6.45) is 0.798. The van der Waals surface area contributed by atoms with E-state index in [-0.39, 0.29) is 22.3 Å². The van der Waals surface area contributed by atoms with Gasteiger partial charge in [0.05, 0.1) is 5.66 Å². The number of piperazine rings is 1. The Morgan fingerprint density at radius 1 is 0.783 bits per heavy atom. The van der Waals surface area contributed by atoms with Crippen LogP contribution < -0.4 is 11.5 Å². The zero-order valence-electron chi connectivity index (χ0n) is 17.0. The van der Waals surface area contributed by atoms with Gasteiger partial charge in [0.2, 0.25) is 0 Å². The van der Waals surface area contributed by atoms with Gasteiger partial charge < -0.3 is 16.4 Å². The summed E-state index contributed by atoms with van der Waals surface area (Å²) in [6, 6.07) is 0. The summed E-state index contributed by atoms with van der Waals surface area (Å²) in [4.78, 5) is 7.33. The van der Waals surface area contributed by atoms with Crippen molar-refractivity contribution in [3.8, 4) is 0 Å². The molecule has 1 aliphatic rings. The zero-order valence-corrected chi connectivity index (χ0v) is 17.0. The molecule has 1 rings (SSSR count). The molecule has 0 aromatic carbocycles. The summed E-state index contributed by atoms with van der Waals surface area (Å²) >= 11 is 0. The van der Waals surface area contributed by atoms with Gasteiger partial charge in [-0.15, -0.1) is 0 Å². The fourth-order valence-corrected chi connectivity index (χ4v) is 3.74. The minimum absolute atomic E-state index is 0.0977. The van der Waals surface area contributed by atoms with Crippen molar-refractivity contribution < 1.29 is 0 Å². The van der Waals surface area contributed by atoms with Gasteiger partial charge in [0.15, 0.2) is 0 Å². The van der Waals surface area contributed by atoms with Crippen LogP contribution in [0.25, 0.3) is 0 Å². The van der Waals surface area contributed by atoms with E-state index in [1.54, 1.807) is 0 Å². The SMILES string of the molecule is CN(C)C(C)(C)C(C)(C)N1CCN(C(C)(N)CC(C)(C)N)CC1. The quantitative estimate of drug-likeness (QED) is 0.774. The van der Waals surface area contributed by atoms with Gasteiger partial charge in [0.25, 0.3) is 0 Å². The molecule has 1 heterocycles. The third kappa shape index (κ3) is 4.67. The molecule has 5 nitrogen and oxygen atoms in total. The van der Waals surface area contributed by atoms with Crippen molar-refractivity contribution >= 4 is 0 Å². The molecule has 138 valence electrons. The summed E-state index contributed by atoms with van der Waals surface area (Å²) in [7, 11) is 4.33. The Labute approximate surface area is 144 Å². The van der Waals surface area contributed by atoms with Gasteiger partial charge in [0, 0.05) is 42.8 Å². The molecule has 1 unspecified atom stereocenters. The van der Waals surface area contributed by atoms with Crippen LogP contribution in [0.3, 0.4) is 0 Å². The zero-order chi connectivity index (χ0) is 18.3. The second-order valence-electron chi connectivity index (χ2n) is 9.51. The standard InChI is InChI=1S/C18H41N5/c1-15(2,19)14-18(7,20)23-12-10-22(11-13-23)17(5,6)16(3,4)21(8)9/h10-14,19-20H2,1-9H3. The molecule has 1 aliphatic heterocycles. The molecule has 0 saturated carbocycles. The Balaban J connectivity index is 2.76. The Kier molecular flexibility index (Phi) is 5.98. The lowest BCUT2D eigenvalue weighted by atomic mass is 9.79. The number of rotatable bonds is 6. The van der Waals surface area contributed by atoms with Crippen LogP contribution in [-0.4, -0.2) is 77.3 Å². The van der Waals surface area contributed by atoms with Crippen LogP contribution in [0.2, 0.25) is 0 Å². The van der Waals surface area contributed by atoms with Crippen molar-refractivity contribution in [1.82, 2.24) is 14.7 Å². The lowest BCUT2D eigenvalue weighted by molar-refractivity contribution is -0.0569. The third-order valence-electron chi connectivity index (χ3n) is 6.22. The Bertz CT molecular complexity index is 385. The molecule has 0 aromatic rings. The molecular weight excluding hydrogens is 286 g/mol. The summed E-state index contributed by atoms with van der Waals surface area (Å²) in [5.41, 5.74) is 12.4. The van der Waals surface area contributed by atoms with Crippen LogP contribution >= 0.6 is 0 Å². The van der Waals surface area contributed by atoms with Gasteiger partial charge in [-0.25, -0.2) is 0 Å². The van der Waals surface area contributed by atoms with Crippen LogP contribution in [-0.2, 0) is 0 Å². The van der Waals surface area contributed by atoms with E-state index in [4.69, 9.17) is 11.5 Å². The maximum Gasteiger partial charge on any atom is 0.0676 e. The maximum absolute atomic E-state index is 6.59. The van der Waals surface area contributed by atoms with Gasteiger partial charge in [-0.3, -0.25) is 9.80 Å². The molecule has 1 saturated heterocycles. The molecule has 0 bridgehead atoms. The lowest BCUT2D eigenvalue weighted by Gasteiger charge is -2.56. The molecule has 4 N–H and O–H groups in total. The van der Waals surface area contributed by atoms with E-state index in [9.17, 15) is 0 Å². The molecule has 0 radical (unpaired) electrons. The number of nitrogens with zero attached hydrogens (tertiary/aromatic N) is 3. The van der Waals surface area contributed by atoms with Crippen LogP contribution in [0.4, 0.5) is 0 Å². The average molecular weight is 328 g/mol. The first-order chi connectivity index (χ1) is 10.1. The summed E-state index contributed by atoms with van der Waals surface area (Å²) in [6.45, 7) is 19.7. The van der Waals surface area contributed by atoms with Crippen LogP contribution in [0.1, 0.15) is 54.9 Å². The van der Waals surface area contributed by atoms with Crippen LogP contribution in [0.15, 0.2) is 0 Å². The van der Waals surface area contributed by atoms with Gasteiger partial charge in [-0.05, 0) is 69.0 Å². The smallest absolute Gasteiger partial charge is 0.0676 e. The number of nitrogens with two attached hydrogens (primary N) is 2. The van der Waals surface area contributed by atoms with E-state index in [0.717, 1.165) is 32.6 Å². The Hall–Kier alpha value is -0.200. The highest BCUT2D eigenvalue weighted by atomic mass is 15.4. The first kappa shape index (κ1) is 20.8. The van der Waals surface area contributed by atoms with Crippen molar-refractivity contribution in [2.75, 3.05) is 40.3 Å². The summed E-state index contributed by atoms with van der Waals surface area (Å²) < 4.78 is 0. The van der Waals surface area contributed by atoms with Gasteiger partial charge >= 0.3 is 0 Å². The Morgan fingerprint density at radius 2 is 1.17 bits per heavy atom. The van der Waals surface area contributed by atoms with E-state index < -0.39 is 0 Å². The molecule has 1 atom stereocenters. The van der Waals surface area contributed by atoms with Gasteiger partial charge in [-0.1, -0.05) is 0 Å².